The van der Waals surface area contributed by atoms with Gasteiger partial charge in [-0.25, -0.2) is 4.98 Å². The maximum absolute atomic E-state index is 10.8. The molecule has 5 heteroatoms. The summed E-state index contributed by atoms with van der Waals surface area (Å²) in [6.07, 6.45) is 1.02. The number of carboxylic acids is 1. The Kier molecular flexibility index (Phi) is 4.96. The van der Waals surface area contributed by atoms with Gasteiger partial charge in [0.2, 0.25) is 0 Å². The molecule has 1 aromatic carbocycles. The van der Waals surface area contributed by atoms with Gasteiger partial charge >= 0.3 is 5.97 Å². The van der Waals surface area contributed by atoms with Crippen LogP contribution in [0.3, 0.4) is 0 Å². The van der Waals surface area contributed by atoms with E-state index in [1.165, 1.54) is 16.9 Å². The van der Waals surface area contributed by atoms with Crippen LogP contribution in [0.15, 0.2) is 23.6 Å². The maximum atomic E-state index is 10.8. The zero-order valence-electron chi connectivity index (χ0n) is 12.4. The Morgan fingerprint density at radius 3 is 2.86 bits per heavy atom. The number of thiazole rings is 1. The topological polar surface area (TPSA) is 59.4 Å². The van der Waals surface area contributed by atoms with E-state index in [1.807, 2.05) is 11.4 Å². The lowest BCUT2D eigenvalue weighted by Gasteiger charge is -2.13. The first-order valence-corrected chi connectivity index (χ1v) is 7.77. The molecule has 1 unspecified atom stereocenters. The predicted molar refractivity (Wildman–Crippen MR) is 84.1 cm³/mol. The van der Waals surface area contributed by atoms with Crippen LogP contribution in [0.25, 0.3) is 11.3 Å². The van der Waals surface area contributed by atoms with Crippen LogP contribution in [0.1, 0.15) is 36.8 Å². The third kappa shape index (κ3) is 3.61. The molecule has 1 N–H and O–H groups in total. The maximum Gasteiger partial charge on any atom is 0.310 e. The van der Waals surface area contributed by atoms with Crippen molar-refractivity contribution < 1.29 is 14.6 Å². The lowest BCUT2D eigenvalue weighted by Crippen LogP contribution is -1.99. The highest BCUT2D eigenvalue weighted by atomic mass is 32.1. The molecule has 0 radical (unpaired) electrons. The first-order valence-electron chi connectivity index (χ1n) is 6.89. The number of hydrogen-bond acceptors (Lipinski definition) is 4. The molecule has 0 aliphatic heterocycles. The number of methoxy groups -OCH3 is 1. The Balaban J connectivity index is 2.40. The Morgan fingerprint density at radius 2 is 2.24 bits per heavy atom. The van der Waals surface area contributed by atoms with Gasteiger partial charge in [0.15, 0.2) is 0 Å². The third-order valence-electron chi connectivity index (χ3n) is 3.54. The van der Waals surface area contributed by atoms with Crippen LogP contribution < -0.4 is 4.74 Å². The Labute approximate surface area is 128 Å². The van der Waals surface area contributed by atoms with Crippen LogP contribution in [-0.2, 0) is 11.2 Å². The highest BCUT2D eigenvalue weighted by Crippen LogP contribution is 2.34. The molecule has 0 aliphatic rings. The van der Waals surface area contributed by atoms with E-state index in [9.17, 15) is 4.79 Å². The van der Waals surface area contributed by atoms with Crippen LogP contribution in [-0.4, -0.2) is 23.2 Å². The summed E-state index contributed by atoms with van der Waals surface area (Å²) in [7, 11) is 1.63. The van der Waals surface area contributed by atoms with Gasteiger partial charge in [-0.05, 0) is 30.0 Å². The molecule has 0 saturated heterocycles. The average molecular weight is 305 g/mol. The number of carbonyl (C=O) groups is 1. The molecule has 0 amide bonds. The predicted octanol–water partition coefficient (Wildman–Crippen LogP) is 3.96. The van der Waals surface area contributed by atoms with Crippen molar-refractivity contribution in [1.29, 1.82) is 0 Å². The fourth-order valence-corrected chi connectivity index (χ4v) is 2.90. The smallest absolute Gasteiger partial charge is 0.310 e. The van der Waals surface area contributed by atoms with Crippen molar-refractivity contribution in [1.82, 2.24) is 4.98 Å². The highest BCUT2D eigenvalue weighted by Gasteiger charge is 2.14. The summed E-state index contributed by atoms with van der Waals surface area (Å²) >= 11 is 1.36. The second-order valence-electron chi connectivity index (χ2n) is 4.97. The first kappa shape index (κ1) is 15.5. The van der Waals surface area contributed by atoms with Crippen LogP contribution in [0.2, 0.25) is 0 Å². The second-order valence-corrected chi connectivity index (χ2v) is 5.91. The minimum Gasteiger partial charge on any atom is -0.496 e. The minimum atomic E-state index is -0.865. The first-order chi connectivity index (χ1) is 10.0. The fourth-order valence-electron chi connectivity index (χ4n) is 2.11. The zero-order valence-corrected chi connectivity index (χ0v) is 13.2. The lowest BCUT2D eigenvalue weighted by molar-refractivity contribution is -0.136. The molecule has 112 valence electrons. The summed E-state index contributed by atoms with van der Waals surface area (Å²) < 4.78 is 5.41. The van der Waals surface area contributed by atoms with Crippen LogP contribution in [0.4, 0.5) is 0 Å². The van der Waals surface area contributed by atoms with E-state index >= 15 is 0 Å². The van der Waals surface area contributed by atoms with Crippen LogP contribution in [0.5, 0.6) is 5.75 Å². The number of hydrogen-bond donors (Lipinski definition) is 1. The number of nitrogens with zero attached hydrogens (tertiary/aromatic N) is 1. The van der Waals surface area contributed by atoms with Gasteiger partial charge in [0.05, 0.1) is 19.2 Å². The molecule has 1 heterocycles. The summed E-state index contributed by atoms with van der Waals surface area (Å²) in [6, 6.07) is 6.11. The van der Waals surface area contributed by atoms with E-state index in [0.29, 0.717) is 10.9 Å². The molecule has 2 aromatic rings. The Hall–Kier alpha value is -1.88. The Morgan fingerprint density at radius 1 is 1.48 bits per heavy atom. The van der Waals surface area contributed by atoms with Crippen molar-refractivity contribution in [2.24, 2.45) is 0 Å². The molecule has 0 saturated carbocycles. The number of rotatable bonds is 6. The minimum absolute atomic E-state index is 0.0436. The molecule has 1 atom stereocenters. The van der Waals surface area contributed by atoms with Gasteiger partial charge in [0, 0.05) is 10.9 Å². The lowest BCUT2D eigenvalue weighted by atomic mass is 9.96. The number of carboxylic acid groups (broad SMARTS) is 1. The van der Waals surface area contributed by atoms with Gasteiger partial charge in [0.25, 0.3) is 0 Å². The van der Waals surface area contributed by atoms with Gasteiger partial charge < -0.3 is 9.84 Å². The average Bonchev–Trinajstić information content (AvgIpc) is 2.93. The van der Waals surface area contributed by atoms with Crippen molar-refractivity contribution in [3.63, 3.8) is 0 Å². The molecule has 0 spiro atoms. The summed E-state index contributed by atoms with van der Waals surface area (Å²) in [4.78, 5) is 15.2. The normalized spacial score (nSPS) is 12.1. The van der Waals surface area contributed by atoms with Gasteiger partial charge in [-0.15, -0.1) is 11.3 Å². The van der Waals surface area contributed by atoms with E-state index in [-0.39, 0.29) is 6.42 Å². The van der Waals surface area contributed by atoms with Crippen molar-refractivity contribution in [2.45, 2.75) is 32.6 Å². The standard InChI is InChI=1S/C16H19NO3S/c1-4-10(2)11-5-6-14(20-3)12(7-11)13-9-21-15(17-13)8-16(18)19/h5-7,9-10H,4,8H2,1-3H3,(H,18,19). The van der Waals surface area contributed by atoms with Gasteiger partial charge in [-0.3, -0.25) is 4.79 Å². The molecular formula is C16H19NO3S. The SMILES string of the molecule is CCC(C)c1ccc(OC)c(-c2csc(CC(=O)O)n2)c1. The summed E-state index contributed by atoms with van der Waals surface area (Å²) in [5.74, 6) is 0.359. The fraction of sp³-hybridized carbons (Fsp3) is 0.375. The quantitative estimate of drug-likeness (QED) is 0.877. The van der Waals surface area contributed by atoms with E-state index in [1.54, 1.807) is 7.11 Å². The van der Waals surface area contributed by atoms with Crippen molar-refractivity contribution >= 4 is 17.3 Å². The molecule has 2 rings (SSSR count). The molecule has 0 aliphatic carbocycles. The summed E-state index contributed by atoms with van der Waals surface area (Å²) in [5.41, 5.74) is 2.93. The molecule has 4 nitrogen and oxygen atoms in total. The number of ether oxygens (including phenoxy) is 1. The largest absolute Gasteiger partial charge is 0.496 e. The second kappa shape index (κ2) is 6.72. The molecule has 0 fully saturated rings. The number of aliphatic carboxylic acids is 1. The van der Waals surface area contributed by atoms with Crippen molar-refractivity contribution in [3.8, 4) is 17.0 Å². The van der Waals surface area contributed by atoms with E-state index in [0.717, 1.165) is 23.4 Å². The summed E-state index contributed by atoms with van der Waals surface area (Å²) in [5, 5.41) is 11.3. The van der Waals surface area contributed by atoms with E-state index < -0.39 is 5.97 Å². The molecule has 1 aromatic heterocycles. The van der Waals surface area contributed by atoms with Crippen LogP contribution in [0, 0.1) is 0 Å². The molecule has 21 heavy (non-hydrogen) atoms. The van der Waals surface area contributed by atoms with Gasteiger partial charge in [0.1, 0.15) is 10.8 Å². The van der Waals surface area contributed by atoms with Gasteiger partial charge in [-0.1, -0.05) is 19.9 Å². The Bertz CT molecular complexity index is 636. The summed E-state index contributed by atoms with van der Waals surface area (Å²) in [6.45, 7) is 4.34. The zero-order chi connectivity index (χ0) is 15.4. The molecular weight excluding hydrogens is 286 g/mol. The van der Waals surface area contributed by atoms with E-state index in [2.05, 4.69) is 31.0 Å². The van der Waals surface area contributed by atoms with Crippen molar-refractivity contribution in [2.75, 3.05) is 7.11 Å². The number of benzene rings is 1. The van der Waals surface area contributed by atoms with E-state index in [4.69, 9.17) is 9.84 Å². The highest BCUT2D eigenvalue weighted by molar-refractivity contribution is 7.10. The monoisotopic (exact) mass is 305 g/mol. The third-order valence-corrected chi connectivity index (χ3v) is 4.38. The molecule has 0 bridgehead atoms. The van der Waals surface area contributed by atoms with Crippen LogP contribution >= 0.6 is 11.3 Å². The van der Waals surface area contributed by atoms with Gasteiger partial charge in [-0.2, -0.15) is 0 Å². The number of aromatic nitrogens is 1. The van der Waals surface area contributed by atoms with Crippen molar-refractivity contribution in [3.05, 3.63) is 34.2 Å².